The lowest BCUT2D eigenvalue weighted by Crippen LogP contribution is -2.37. The largest absolute Gasteiger partial charge is 0.459 e. The number of hydrogen-bond donors (Lipinski definition) is 1. The van der Waals surface area contributed by atoms with E-state index in [1.165, 1.54) is 0 Å². The first kappa shape index (κ1) is 15.0. The number of furan rings is 1. The first-order valence-electron chi connectivity index (χ1n) is 8.27. The summed E-state index contributed by atoms with van der Waals surface area (Å²) in [5.41, 5.74) is 1.81. The highest BCUT2D eigenvalue weighted by molar-refractivity contribution is 5.82. The van der Waals surface area contributed by atoms with Crippen molar-refractivity contribution in [2.45, 2.75) is 25.0 Å². The standard InChI is InChI=1S/C20H19NO3/c22-20(17-11-6-12-23-17)21-19(14-7-2-1-3-8-14)18-13-15-9-4-5-10-16(15)24-18/h1-5,7-10,13,17,19H,6,11-12H2,(H,21,22). The van der Waals surface area contributed by atoms with E-state index in [-0.39, 0.29) is 18.1 Å². The van der Waals surface area contributed by atoms with Crippen LogP contribution in [0.5, 0.6) is 0 Å². The van der Waals surface area contributed by atoms with Crippen LogP contribution in [0.2, 0.25) is 0 Å². The smallest absolute Gasteiger partial charge is 0.249 e. The Balaban J connectivity index is 1.68. The third-order valence-electron chi connectivity index (χ3n) is 4.37. The van der Waals surface area contributed by atoms with Crippen LogP contribution >= 0.6 is 0 Å². The molecule has 0 radical (unpaired) electrons. The average molecular weight is 321 g/mol. The van der Waals surface area contributed by atoms with Gasteiger partial charge in [-0.3, -0.25) is 4.79 Å². The molecule has 1 aliphatic heterocycles. The van der Waals surface area contributed by atoms with Gasteiger partial charge in [0.2, 0.25) is 5.91 Å². The van der Waals surface area contributed by atoms with Crippen LogP contribution in [-0.2, 0) is 9.53 Å². The van der Waals surface area contributed by atoms with Crippen LogP contribution in [0.3, 0.4) is 0 Å². The molecule has 1 amide bonds. The molecule has 24 heavy (non-hydrogen) atoms. The van der Waals surface area contributed by atoms with Gasteiger partial charge in [0.25, 0.3) is 0 Å². The van der Waals surface area contributed by atoms with Gasteiger partial charge in [0.15, 0.2) is 0 Å². The zero-order chi connectivity index (χ0) is 16.4. The monoisotopic (exact) mass is 321 g/mol. The highest BCUT2D eigenvalue weighted by atomic mass is 16.5. The molecule has 0 spiro atoms. The summed E-state index contributed by atoms with van der Waals surface area (Å²) < 4.78 is 11.5. The predicted molar refractivity (Wildman–Crippen MR) is 91.6 cm³/mol. The van der Waals surface area contributed by atoms with Gasteiger partial charge in [-0.15, -0.1) is 0 Å². The third kappa shape index (κ3) is 2.93. The van der Waals surface area contributed by atoms with E-state index in [1.807, 2.05) is 60.7 Å². The first-order chi connectivity index (χ1) is 11.8. The molecule has 0 bridgehead atoms. The quantitative estimate of drug-likeness (QED) is 0.795. The fourth-order valence-electron chi connectivity index (χ4n) is 3.13. The fourth-order valence-corrected chi connectivity index (χ4v) is 3.13. The Morgan fingerprint density at radius 3 is 2.62 bits per heavy atom. The lowest BCUT2D eigenvalue weighted by molar-refractivity contribution is -0.130. The Hall–Kier alpha value is -2.59. The number of ether oxygens (including phenoxy) is 1. The van der Waals surface area contributed by atoms with Crippen molar-refractivity contribution in [1.82, 2.24) is 5.32 Å². The van der Waals surface area contributed by atoms with E-state index in [9.17, 15) is 4.79 Å². The van der Waals surface area contributed by atoms with Gasteiger partial charge in [0, 0.05) is 12.0 Å². The number of carbonyl (C=O) groups excluding carboxylic acids is 1. The maximum absolute atomic E-state index is 12.5. The SMILES string of the molecule is O=C(NC(c1ccccc1)c1cc2ccccc2o1)C1CCCO1. The van der Waals surface area contributed by atoms with E-state index in [2.05, 4.69) is 5.32 Å². The highest BCUT2D eigenvalue weighted by Gasteiger charge is 2.28. The molecule has 1 aromatic heterocycles. The molecule has 1 saturated heterocycles. The summed E-state index contributed by atoms with van der Waals surface area (Å²) in [6.07, 6.45) is 1.34. The molecule has 122 valence electrons. The normalized spacial score (nSPS) is 18.6. The van der Waals surface area contributed by atoms with E-state index in [0.29, 0.717) is 6.61 Å². The molecule has 2 atom stereocenters. The number of para-hydroxylation sites is 1. The van der Waals surface area contributed by atoms with Crippen LogP contribution in [0, 0.1) is 0 Å². The van der Waals surface area contributed by atoms with Crippen molar-refractivity contribution in [2.75, 3.05) is 6.61 Å². The highest BCUT2D eigenvalue weighted by Crippen LogP contribution is 2.28. The maximum atomic E-state index is 12.5. The molecular formula is C20H19NO3. The van der Waals surface area contributed by atoms with Gasteiger partial charge < -0.3 is 14.5 Å². The molecule has 1 N–H and O–H groups in total. The minimum Gasteiger partial charge on any atom is -0.459 e. The Morgan fingerprint density at radius 2 is 1.88 bits per heavy atom. The first-order valence-corrected chi connectivity index (χ1v) is 8.27. The van der Waals surface area contributed by atoms with Gasteiger partial charge in [0.1, 0.15) is 23.5 Å². The van der Waals surface area contributed by atoms with Crippen molar-refractivity contribution in [2.24, 2.45) is 0 Å². The topological polar surface area (TPSA) is 51.5 Å². The molecule has 4 rings (SSSR count). The number of benzene rings is 2. The minimum absolute atomic E-state index is 0.0817. The third-order valence-corrected chi connectivity index (χ3v) is 4.37. The molecule has 3 aromatic rings. The average Bonchev–Trinajstić information content (AvgIpc) is 3.29. The van der Waals surface area contributed by atoms with Gasteiger partial charge in [-0.25, -0.2) is 0 Å². The molecule has 4 nitrogen and oxygen atoms in total. The maximum Gasteiger partial charge on any atom is 0.249 e. The number of rotatable bonds is 4. The molecule has 2 heterocycles. The summed E-state index contributed by atoms with van der Waals surface area (Å²) in [5.74, 6) is 0.649. The molecule has 0 aliphatic carbocycles. The van der Waals surface area contributed by atoms with Crippen molar-refractivity contribution in [3.05, 3.63) is 72.0 Å². The zero-order valence-electron chi connectivity index (χ0n) is 13.3. The second-order valence-corrected chi connectivity index (χ2v) is 6.04. The summed E-state index contributed by atoms with van der Waals surface area (Å²) in [5, 5.41) is 4.12. The molecule has 2 aromatic carbocycles. The molecule has 1 fully saturated rings. The number of amides is 1. The molecule has 0 saturated carbocycles. The van der Waals surface area contributed by atoms with Crippen LogP contribution < -0.4 is 5.32 Å². The molecule has 2 unspecified atom stereocenters. The molecular weight excluding hydrogens is 302 g/mol. The lowest BCUT2D eigenvalue weighted by atomic mass is 10.0. The minimum atomic E-state index is -0.361. The zero-order valence-corrected chi connectivity index (χ0v) is 13.3. The molecule has 1 aliphatic rings. The van der Waals surface area contributed by atoms with Crippen molar-refractivity contribution in [3.63, 3.8) is 0 Å². The van der Waals surface area contributed by atoms with E-state index >= 15 is 0 Å². The Labute approximate surface area is 140 Å². The predicted octanol–water partition coefficient (Wildman–Crippen LogP) is 3.82. The van der Waals surface area contributed by atoms with Crippen molar-refractivity contribution >= 4 is 16.9 Å². The van der Waals surface area contributed by atoms with Crippen molar-refractivity contribution in [3.8, 4) is 0 Å². The Kier molecular flexibility index (Phi) is 4.05. The number of carbonyl (C=O) groups is 1. The Bertz CT molecular complexity index is 801. The van der Waals surface area contributed by atoms with Gasteiger partial charge in [-0.2, -0.15) is 0 Å². The van der Waals surface area contributed by atoms with E-state index in [1.54, 1.807) is 0 Å². The van der Waals surface area contributed by atoms with E-state index in [0.717, 1.165) is 35.1 Å². The summed E-state index contributed by atoms with van der Waals surface area (Å²) in [4.78, 5) is 12.5. The van der Waals surface area contributed by atoms with Crippen LogP contribution in [-0.4, -0.2) is 18.6 Å². The molecule has 4 heteroatoms. The summed E-state index contributed by atoms with van der Waals surface area (Å²) in [6, 6.07) is 19.4. The summed E-state index contributed by atoms with van der Waals surface area (Å²) in [7, 11) is 0. The van der Waals surface area contributed by atoms with Crippen LogP contribution in [0.15, 0.2) is 65.1 Å². The number of fused-ring (bicyclic) bond motifs is 1. The number of nitrogens with one attached hydrogen (secondary N) is 1. The summed E-state index contributed by atoms with van der Waals surface area (Å²) in [6.45, 7) is 0.652. The van der Waals surface area contributed by atoms with E-state index in [4.69, 9.17) is 9.15 Å². The van der Waals surface area contributed by atoms with Crippen LogP contribution in [0.25, 0.3) is 11.0 Å². The second-order valence-electron chi connectivity index (χ2n) is 6.04. The van der Waals surface area contributed by atoms with Gasteiger partial charge in [-0.05, 0) is 30.5 Å². The van der Waals surface area contributed by atoms with Gasteiger partial charge in [-0.1, -0.05) is 48.5 Å². The van der Waals surface area contributed by atoms with E-state index < -0.39 is 0 Å². The summed E-state index contributed by atoms with van der Waals surface area (Å²) >= 11 is 0. The lowest BCUT2D eigenvalue weighted by Gasteiger charge is -2.19. The Morgan fingerprint density at radius 1 is 1.08 bits per heavy atom. The van der Waals surface area contributed by atoms with Crippen molar-refractivity contribution in [1.29, 1.82) is 0 Å². The van der Waals surface area contributed by atoms with Crippen LogP contribution in [0.4, 0.5) is 0 Å². The number of hydrogen-bond acceptors (Lipinski definition) is 3. The van der Waals surface area contributed by atoms with Crippen LogP contribution in [0.1, 0.15) is 30.2 Å². The fraction of sp³-hybridized carbons (Fsp3) is 0.250. The van der Waals surface area contributed by atoms with Gasteiger partial charge in [0.05, 0.1) is 0 Å². The second kappa shape index (κ2) is 6.49. The van der Waals surface area contributed by atoms with Gasteiger partial charge >= 0.3 is 0 Å². The van der Waals surface area contributed by atoms with Crippen molar-refractivity contribution < 1.29 is 13.9 Å².